The summed E-state index contributed by atoms with van der Waals surface area (Å²) in [5.74, 6) is -0.271. The second-order valence-electron chi connectivity index (χ2n) is 4.69. The zero-order chi connectivity index (χ0) is 14.7. The molecule has 1 aliphatic rings. The number of nitro groups is 1. The fourth-order valence-electron chi connectivity index (χ4n) is 2.14. The summed E-state index contributed by atoms with van der Waals surface area (Å²) in [6.45, 7) is 0.143. The highest BCUT2D eigenvalue weighted by atomic mass is 16.6. The molecular formula is C13H17N3O4. The van der Waals surface area contributed by atoms with E-state index in [-0.39, 0.29) is 36.4 Å². The quantitative estimate of drug-likeness (QED) is 0.603. The second-order valence-corrected chi connectivity index (χ2v) is 4.69. The van der Waals surface area contributed by atoms with Gasteiger partial charge in [0.15, 0.2) is 0 Å². The third-order valence-electron chi connectivity index (χ3n) is 3.30. The number of hydrogen-bond donors (Lipinski definition) is 2. The van der Waals surface area contributed by atoms with Crippen LogP contribution in [0.5, 0.6) is 0 Å². The predicted octanol–water partition coefficient (Wildman–Crippen LogP) is 1.23. The fourth-order valence-corrected chi connectivity index (χ4v) is 2.14. The van der Waals surface area contributed by atoms with Crippen molar-refractivity contribution in [3.05, 3.63) is 33.9 Å². The molecule has 0 spiro atoms. The van der Waals surface area contributed by atoms with Crippen LogP contribution in [0.3, 0.4) is 0 Å². The number of nitro benzene ring substituents is 1. The number of hydrogen-bond acceptors (Lipinski definition) is 5. The number of aliphatic hydroxyl groups excluding tert-OH is 1. The zero-order valence-electron chi connectivity index (χ0n) is 11.2. The predicted molar refractivity (Wildman–Crippen MR) is 73.8 cm³/mol. The molecule has 1 saturated carbocycles. The number of anilines is 1. The summed E-state index contributed by atoms with van der Waals surface area (Å²) in [6, 6.07) is 4.52. The maximum Gasteiger partial charge on any atom is 0.293 e. The Balaban J connectivity index is 2.29. The molecule has 20 heavy (non-hydrogen) atoms. The lowest BCUT2D eigenvalue weighted by atomic mass is 10.1. The van der Waals surface area contributed by atoms with Crippen molar-refractivity contribution < 1.29 is 14.8 Å². The van der Waals surface area contributed by atoms with Gasteiger partial charge < -0.3 is 15.3 Å². The van der Waals surface area contributed by atoms with E-state index in [0.717, 1.165) is 12.8 Å². The Bertz CT molecular complexity index is 528. The van der Waals surface area contributed by atoms with Crippen LogP contribution in [-0.2, 0) is 0 Å². The number of amides is 1. The first-order valence-electron chi connectivity index (χ1n) is 6.46. The van der Waals surface area contributed by atoms with E-state index >= 15 is 0 Å². The van der Waals surface area contributed by atoms with Crippen molar-refractivity contribution in [1.29, 1.82) is 0 Å². The van der Waals surface area contributed by atoms with Crippen LogP contribution in [0.1, 0.15) is 23.2 Å². The molecule has 0 atom stereocenters. The van der Waals surface area contributed by atoms with Crippen LogP contribution in [0, 0.1) is 10.1 Å². The van der Waals surface area contributed by atoms with E-state index in [1.807, 2.05) is 0 Å². The Morgan fingerprint density at radius 2 is 2.25 bits per heavy atom. The van der Waals surface area contributed by atoms with E-state index in [1.165, 1.54) is 12.1 Å². The minimum atomic E-state index is -0.518. The zero-order valence-corrected chi connectivity index (χ0v) is 11.2. The topological polar surface area (TPSA) is 95.7 Å². The van der Waals surface area contributed by atoms with Gasteiger partial charge in [-0.1, -0.05) is 0 Å². The molecule has 0 radical (unpaired) electrons. The van der Waals surface area contributed by atoms with Crippen molar-refractivity contribution in [1.82, 2.24) is 4.90 Å². The van der Waals surface area contributed by atoms with Crippen LogP contribution in [0.15, 0.2) is 18.2 Å². The maximum absolute atomic E-state index is 12.4. The molecule has 0 heterocycles. The van der Waals surface area contributed by atoms with Crippen LogP contribution < -0.4 is 5.32 Å². The van der Waals surface area contributed by atoms with Gasteiger partial charge in [-0.15, -0.1) is 0 Å². The molecule has 7 heteroatoms. The first-order valence-corrected chi connectivity index (χ1v) is 6.46. The summed E-state index contributed by atoms with van der Waals surface area (Å²) in [5, 5.41) is 22.7. The van der Waals surface area contributed by atoms with Gasteiger partial charge >= 0.3 is 0 Å². The summed E-state index contributed by atoms with van der Waals surface area (Å²) >= 11 is 0. The first-order chi connectivity index (χ1) is 9.58. The van der Waals surface area contributed by atoms with Crippen LogP contribution in [0.4, 0.5) is 11.4 Å². The van der Waals surface area contributed by atoms with Crippen molar-refractivity contribution in [2.24, 2.45) is 0 Å². The third-order valence-corrected chi connectivity index (χ3v) is 3.30. The largest absolute Gasteiger partial charge is 0.395 e. The van der Waals surface area contributed by atoms with Crippen molar-refractivity contribution in [3.8, 4) is 0 Å². The average Bonchev–Trinajstić information content (AvgIpc) is 3.27. The van der Waals surface area contributed by atoms with Crippen molar-refractivity contribution in [2.45, 2.75) is 18.9 Å². The van der Waals surface area contributed by atoms with Gasteiger partial charge in [0.05, 0.1) is 11.5 Å². The van der Waals surface area contributed by atoms with Gasteiger partial charge in [0.2, 0.25) is 0 Å². The van der Waals surface area contributed by atoms with E-state index in [2.05, 4.69) is 5.32 Å². The van der Waals surface area contributed by atoms with Crippen LogP contribution in [0.2, 0.25) is 0 Å². The number of nitrogens with zero attached hydrogens (tertiary/aromatic N) is 2. The summed E-state index contributed by atoms with van der Waals surface area (Å²) < 4.78 is 0. The first kappa shape index (κ1) is 14.3. The number of carbonyl (C=O) groups is 1. The van der Waals surface area contributed by atoms with E-state index in [1.54, 1.807) is 18.0 Å². The summed E-state index contributed by atoms with van der Waals surface area (Å²) in [6.07, 6.45) is 1.84. The van der Waals surface area contributed by atoms with Gasteiger partial charge in [-0.05, 0) is 25.0 Å². The summed E-state index contributed by atoms with van der Waals surface area (Å²) in [4.78, 5) is 24.4. The highest BCUT2D eigenvalue weighted by molar-refractivity contribution is 5.96. The van der Waals surface area contributed by atoms with E-state index < -0.39 is 4.92 Å². The molecule has 1 fully saturated rings. The maximum atomic E-state index is 12.4. The van der Waals surface area contributed by atoms with Gasteiger partial charge in [0.1, 0.15) is 5.69 Å². The minimum Gasteiger partial charge on any atom is -0.395 e. The van der Waals surface area contributed by atoms with Crippen LogP contribution >= 0.6 is 0 Å². The molecule has 0 aromatic heterocycles. The van der Waals surface area contributed by atoms with Gasteiger partial charge in [0.25, 0.3) is 11.6 Å². The molecule has 2 rings (SSSR count). The number of nitrogens with one attached hydrogen (secondary N) is 1. The molecule has 1 aromatic rings. The molecule has 1 aliphatic carbocycles. The Labute approximate surface area is 116 Å². The molecule has 0 saturated heterocycles. The second kappa shape index (κ2) is 5.87. The lowest BCUT2D eigenvalue weighted by Crippen LogP contribution is -2.35. The van der Waals surface area contributed by atoms with Crippen molar-refractivity contribution >= 4 is 17.3 Å². The molecule has 1 aromatic carbocycles. The monoisotopic (exact) mass is 279 g/mol. The SMILES string of the molecule is CNc1ccc(C(=O)N(CCO)C2CC2)cc1[N+](=O)[O-]. The normalized spacial score (nSPS) is 13.9. The number of carbonyl (C=O) groups excluding carboxylic acids is 1. The van der Waals surface area contributed by atoms with Gasteiger partial charge in [0, 0.05) is 31.3 Å². The van der Waals surface area contributed by atoms with Crippen molar-refractivity contribution in [3.63, 3.8) is 0 Å². The lowest BCUT2D eigenvalue weighted by molar-refractivity contribution is -0.384. The number of aliphatic hydroxyl groups is 1. The highest BCUT2D eigenvalue weighted by Crippen LogP contribution is 2.30. The molecule has 7 nitrogen and oxygen atoms in total. The smallest absolute Gasteiger partial charge is 0.293 e. The standard InChI is InChI=1S/C13H17N3O4/c1-14-11-5-2-9(8-12(11)16(19)20)13(18)15(6-7-17)10-3-4-10/h2,5,8,10,14,17H,3-4,6-7H2,1H3. The molecule has 1 amide bonds. The summed E-state index contributed by atoms with van der Waals surface area (Å²) in [7, 11) is 1.59. The van der Waals surface area contributed by atoms with E-state index in [9.17, 15) is 14.9 Å². The Morgan fingerprint density at radius 3 is 2.75 bits per heavy atom. The molecule has 0 bridgehead atoms. The van der Waals surface area contributed by atoms with Gasteiger partial charge in [-0.25, -0.2) is 0 Å². The molecule has 0 unspecified atom stereocenters. The Hall–Kier alpha value is -2.15. The average molecular weight is 279 g/mol. The van der Waals surface area contributed by atoms with Gasteiger partial charge in [-0.2, -0.15) is 0 Å². The third kappa shape index (κ3) is 2.88. The highest BCUT2D eigenvalue weighted by Gasteiger charge is 2.33. The Kier molecular flexibility index (Phi) is 4.19. The van der Waals surface area contributed by atoms with E-state index in [4.69, 9.17) is 5.11 Å². The van der Waals surface area contributed by atoms with Crippen LogP contribution in [-0.4, -0.2) is 47.1 Å². The Morgan fingerprint density at radius 1 is 1.55 bits per heavy atom. The molecule has 2 N–H and O–H groups in total. The number of benzene rings is 1. The molecular weight excluding hydrogens is 262 g/mol. The molecule has 0 aliphatic heterocycles. The van der Waals surface area contributed by atoms with Crippen molar-refractivity contribution in [2.75, 3.05) is 25.5 Å². The number of rotatable bonds is 6. The van der Waals surface area contributed by atoms with Gasteiger partial charge in [-0.3, -0.25) is 14.9 Å². The lowest BCUT2D eigenvalue weighted by Gasteiger charge is -2.21. The molecule has 108 valence electrons. The fraction of sp³-hybridized carbons (Fsp3) is 0.462. The van der Waals surface area contributed by atoms with Crippen LogP contribution in [0.25, 0.3) is 0 Å². The van der Waals surface area contributed by atoms with E-state index in [0.29, 0.717) is 5.69 Å². The summed E-state index contributed by atoms with van der Waals surface area (Å²) in [5.41, 5.74) is 0.515. The minimum absolute atomic E-state index is 0.112.